The zero-order valence-corrected chi connectivity index (χ0v) is 16.3. The van der Waals surface area contributed by atoms with Gasteiger partial charge in [0.15, 0.2) is 0 Å². The van der Waals surface area contributed by atoms with E-state index in [9.17, 15) is 10.1 Å². The van der Waals surface area contributed by atoms with Gasteiger partial charge in [-0.25, -0.2) is 0 Å². The van der Waals surface area contributed by atoms with E-state index in [0.29, 0.717) is 29.5 Å². The zero-order valence-electron chi connectivity index (χ0n) is 16.3. The third-order valence-corrected chi connectivity index (χ3v) is 4.68. The number of ether oxygens (including phenoxy) is 2. The first-order valence-electron chi connectivity index (χ1n) is 9.56. The molecule has 1 saturated carbocycles. The Hall–Kier alpha value is -2.06. The zero-order chi connectivity index (χ0) is 19.2. The van der Waals surface area contributed by atoms with Gasteiger partial charge in [-0.2, -0.15) is 5.26 Å². The van der Waals surface area contributed by atoms with Gasteiger partial charge in [0.25, 0.3) is 5.91 Å². The average molecular weight is 358 g/mol. The highest BCUT2D eigenvalue weighted by Gasteiger charge is 2.42. The fourth-order valence-electron chi connectivity index (χ4n) is 3.51. The highest BCUT2D eigenvalue weighted by atomic mass is 16.5. The molecule has 1 N–H and O–H groups in total. The van der Waals surface area contributed by atoms with Crippen LogP contribution < -0.4 is 10.1 Å². The first kappa shape index (κ1) is 20.3. The molecule has 26 heavy (non-hydrogen) atoms. The Morgan fingerprint density at radius 2 is 2.23 bits per heavy atom. The summed E-state index contributed by atoms with van der Waals surface area (Å²) in [6.45, 7) is 8.63. The molecule has 1 aromatic rings. The van der Waals surface area contributed by atoms with Gasteiger partial charge in [-0.05, 0) is 57.6 Å². The van der Waals surface area contributed by atoms with E-state index in [1.807, 2.05) is 20.8 Å². The third-order valence-electron chi connectivity index (χ3n) is 4.68. The van der Waals surface area contributed by atoms with Crippen LogP contribution in [0, 0.1) is 17.2 Å². The Bertz CT molecular complexity index is 666. The Labute approximate surface area is 156 Å². The summed E-state index contributed by atoms with van der Waals surface area (Å²) in [7, 11) is 0. The molecule has 142 valence electrons. The van der Waals surface area contributed by atoms with Gasteiger partial charge in [-0.1, -0.05) is 20.3 Å². The van der Waals surface area contributed by atoms with E-state index in [1.54, 1.807) is 18.2 Å². The third kappa shape index (κ3) is 4.98. The molecule has 0 radical (unpaired) electrons. The van der Waals surface area contributed by atoms with Crippen molar-refractivity contribution in [3.05, 3.63) is 23.8 Å². The minimum Gasteiger partial charge on any atom is -0.491 e. The predicted octanol–water partition coefficient (Wildman–Crippen LogP) is 4.66. The fourth-order valence-corrected chi connectivity index (χ4v) is 3.51. The number of benzene rings is 1. The number of anilines is 1. The van der Waals surface area contributed by atoms with Crippen LogP contribution in [0.15, 0.2) is 18.2 Å². The van der Waals surface area contributed by atoms with Gasteiger partial charge in [-0.15, -0.1) is 0 Å². The molecule has 5 nitrogen and oxygen atoms in total. The van der Waals surface area contributed by atoms with Crippen molar-refractivity contribution in [2.75, 3.05) is 11.9 Å². The van der Waals surface area contributed by atoms with E-state index in [-0.39, 0.29) is 12.0 Å². The summed E-state index contributed by atoms with van der Waals surface area (Å²) in [5.41, 5.74) is 0.102. The summed E-state index contributed by atoms with van der Waals surface area (Å²) in [5.74, 6) is 0.924. The van der Waals surface area contributed by atoms with E-state index in [4.69, 9.17) is 9.47 Å². The normalized spacial score (nSPS) is 22.7. The number of amides is 1. The van der Waals surface area contributed by atoms with Crippen LogP contribution >= 0.6 is 0 Å². The van der Waals surface area contributed by atoms with E-state index in [0.717, 1.165) is 32.1 Å². The van der Waals surface area contributed by atoms with Crippen molar-refractivity contribution in [3.63, 3.8) is 0 Å². The van der Waals surface area contributed by atoms with Gasteiger partial charge in [0, 0.05) is 12.7 Å². The quantitative estimate of drug-likeness (QED) is 0.769. The highest BCUT2D eigenvalue weighted by Crippen LogP contribution is 2.37. The van der Waals surface area contributed by atoms with Crippen LogP contribution in [-0.2, 0) is 9.53 Å². The SMILES string of the molecule is CCCO[C@@]1(C(=O)Nc2ccc(OC(C)C)cc2C#N)CCC[C@@H](C)C1. The second-order valence-electron chi connectivity index (χ2n) is 7.48. The van der Waals surface area contributed by atoms with Gasteiger partial charge < -0.3 is 14.8 Å². The molecule has 1 aliphatic carbocycles. The molecule has 0 aromatic heterocycles. The van der Waals surface area contributed by atoms with Gasteiger partial charge in [0.05, 0.1) is 17.4 Å². The molecule has 1 aromatic carbocycles. The molecular formula is C21H30N2O3. The first-order valence-corrected chi connectivity index (χ1v) is 9.56. The van der Waals surface area contributed by atoms with Crippen molar-refractivity contribution < 1.29 is 14.3 Å². The fraction of sp³-hybridized carbons (Fsp3) is 0.619. The van der Waals surface area contributed by atoms with Crippen molar-refractivity contribution in [2.24, 2.45) is 5.92 Å². The molecular weight excluding hydrogens is 328 g/mol. The average Bonchev–Trinajstić information content (AvgIpc) is 2.60. The second-order valence-corrected chi connectivity index (χ2v) is 7.48. The summed E-state index contributed by atoms with van der Waals surface area (Å²) >= 11 is 0. The van der Waals surface area contributed by atoms with Crippen LogP contribution in [0.4, 0.5) is 5.69 Å². The molecule has 0 aliphatic heterocycles. The molecule has 1 amide bonds. The van der Waals surface area contributed by atoms with Crippen LogP contribution in [0.2, 0.25) is 0 Å². The molecule has 0 saturated heterocycles. The topological polar surface area (TPSA) is 71.3 Å². The van der Waals surface area contributed by atoms with Crippen LogP contribution in [-0.4, -0.2) is 24.2 Å². The van der Waals surface area contributed by atoms with Gasteiger partial charge in [0.2, 0.25) is 0 Å². The summed E-state index contributed by atoms with van der Waals surface area (Å²) in [6, 6.07) is 7.32. The van der Waals surface area contributed by atoms with Crippen molar-refractivity contribution in [1.29, 1.82) is 5.26 Å². The number of nitrogens with zero attached hydrogens (tertiary/aromatic N) is 1. The highest BCUT2D eigenvalue weighted by molar-refractivity contribution is 5.98. The van der Waals surface area contributed by atoms with Crippen LogP contribution in [0.3, 0.4) is 0 Å². The molecule has 1 fully saturated rings. The molecule has 1 aliphatic rings. The predicted molar refractivity (Wildman–Crippen MR) is 102 cm³/mol. The van der Waals surface area contributed by atoms with Crippen LogP contribution in [0.5, 0.6) is 5.75 Å². The number of rotatable bonds is 7. The number of hydrogen-bond donors (Lipinski definition) is 1. The molecule has 0 unspecified atom stereocenters. The Kier molecular flexibility index (Phi) is 7.05. The van der Waals surface area contributed by atoms with Crippen molar-refractivity contribution in [1.82, 2.24) is 0 Å². The molecule has 0 bridgehead atoms. The molecule has 2 rings (SSSR count). The first-order chi connectivity index (χ1) is 12.4. The molecule has 5 heteroatoms. The maximum atomic E-state index is 13.1. The number of nitrogens with one attached hydrogen (secondary N) is 1. The monoisotopic (exact) mass is 358 g/mol. The summed E-state index contributed by atoms with van der Waals surface area (Å²) in [6.07, 6.45) is 4.43. The lowest BCUT2D eigenvalue weighted by Crippen LogP contribution is -2.48. The summed E-state index contributed by atoms with van der Waals surface area (Å²) in [5, 5.41) is 12.4. The standard InChI is InChI=1S/C21H30N2O3/c1-5-11-25-21(10-6-7-16(4)13-21)20(24)23-19-9-8-18(26-15(2)3)12-17(19)14-22/h8-9,12,15-16H,5-7,10-11,13H2,1-4H3,(H,23,24)/t16-,21+/m1/s1. The minimum atomic E-state index is -0.798. The molecule has 0 heterocycles. The van der Waals surface area contributed by atoms with E-state index < -0.39 is 5.60 Å². The molecule has 0 spiro atoms. The van der Waals surface area contributed by atoms with Crippen LogP contribution in [0.1, 0.15) is 65.4 Å². The van der Waals surface area contributed by atoms with Crippen molar-refractivity contribution in [2.45, 2.75) is 71.5 Å². The Morgan fingerprint density at radius 3 is 2.85 bits per heavy atom. The molecule has 2 atom stereocenters. The van der Waals surface area contributed by atoms with Gasteiger partial charge in [-0.3, -0.25) is 4.79 Å². The van der Waals surface area contributed by atoms with E-state index in [2.05, 4.69) is 18.3 Å². The number of nitriles is 1. The van der Waals surface area contributed by atoms with E-state index >= 15 is 0 Å². The van der Waals surface area contributed by atoms with Gasteiger partial charge >= 0.3 is 0 Å². The minimum absolute atomic E-state index is 0.0245. The lowest BCUT2D eigenvalue weighted by Gasteiger charge is -2.38. The number of hydrogen-bond acceptors (Lipinski definition) is 4. The van der Waals surface area contributed by atoms with Crippen molar-refractivity contribution in [3.8, 4) is 11.8 Å². The summed E-state index contributed by atoms with van der Waals surface area (Å²) < 4.78 is 11.7. The van der Waals surface area contributed by atoms with Crippen molar-refractivity contribution >= 4 is 11.6 Å². The van der Waals surface area contributed by atoms with Crippen LogP contribution in [0.25, 0.3) is 0 Å². The van der Waals surface area contributed by atoms with E-state index in [1.165, 1.54) is 0 Å². The smallest absolute Gasteiger partial charge is 0.256 e. The summed E-state index contributed by atoms with van der Waals surface area (Å²) in [4.78, 5) is 13.1. The second kappa shape index (κ2) is 9.05. The Morgan fingerprint density at radius 1 is 1.46 bits per heavy atom. The van der Waals surface area contributed by atoms with Gasteiger partial charge in [0.1, 0.15) is 17.4 Å². The largest absolute Gasteiger partial charge is 0.491 e. The number of carbonyl (C=O) groups is 1. The Balaban J connectivity index is 2.21. The lowest BCUT2D eigenvalue weighted by atomic mass is 9.78. The maximum Gasteiger partial charge on any atom is 0.256 e. The lowest BCUT2D eigenvalue weighted by molar-refractivity contribution is -0.148. The maximum absolute atomic E-state index is 13.1. The number of carbonyl (C=O) groups excluding carboxylic acids is 1.